The molecule has 0 aliphatic rings. The van der Waals surface area contributed by atoms with Crippen molar-refractivity contribution in [1.82, 2.24) is 10.2 Å². The normalized spacial score (nSPS) is 11.7. The number of halogens is 2. The zero-order valence-electron chi connectivity index (χ0n) is 11.1. The van der Waals surface area contributed by atoms with Crippen LogP contribution in [0.25, 0.3) is 0 Å². The standard InChI is InChI=1S/C12H19Cl2N2O2PS/c13-6-8-15-19(17,16-9-7-14)18-10-11-20-12-4-2-1-3-5-12/h1-5H,6-11H2,(H2,15,16,17). The quantitative estimate of drug-likeness (QED) is 0.275. The topological polar surface area (TPSA) is 50.4 Å². The van der Waals surface area contributed by atoms with E-state index in [0.717, 1.165) is 10.6 Å². The van der Waals surface area contributed by atoms with E-state index in [9.17, 15) is 4.57 Å². The molecule has 2 N–H and O–H groups in total. The predicted molar refractivity (Wildman–Crippen MR) is 88.2 cm³/mol. The first-order valence-corrected chi connectivity index (χ1v) is 9.93. The van der Waals surface area contributed by atoms with Crippen LogP contribution in [-0.4, -0.2) is 37.2 Å². The Kier molecular flexibility index (Phi) is 9.99. The minimum Gasteiger partial charge on any atom is -0.305 e. The molecule has 0 spiro atoms. The molecule has 20 heavy (non-hydrogen) atoms. The van der Waals surface area contributed by atoms with Gasteiger partial charge in [-0.25, -0.2) is 10.2 Å². The minimum atomic E-state index is -3.06. The highest BCUT2D eigenvalue weighted by Crippen LogP contribution is 2.37. The zero-order valence-corrected chi connectivity index (χ0v) is 14.3. The van der Waals surface area contributed by atoms with Crippen LogP contribution < -0.4 is 10.2 Å². The number of hydrogen-bond donors (Lipinski definition) is 2. The second-order valence-electron chi connectivity index (χ2n) is 3.74. The second kappa shape index (κ2) is 10.9. The van der Waals surface area contributed by atoms with Gasteiger partial charge in [0.25, 0.3) is 0 Å². The average molecular weight is 357 g/mol. The third-order valence-electron chi connectivity index (χ3n) is 2.20. The van der Waals surface area contributed by atoms with E-state index in [2.05, 4.69) is 10.2 Å². The number of thioether (sulfide) groups is 1. The van der Waals surface area contributed by atoms with Crippen molar-refractivity contribution in [3.8, 4) is 0 Å². The smallest absolute Gasteiger partial charge is 0.305 e. The van der Waals surface area contributed by atoms with Crippen molar-refractivity contribution < 1.29 is 9.09 Å². The van der Waals surface area contributed by atoms with E-state index in [1.807, 2.05) is 30.3 Å². The Morgan fingerprint density at radius 1 is 1.10 bits per heavy atom. The molecule has 0 amide bonds. The molecule has 114 valence electrons. The van der Waals surface area contributed by atoms with E-state index < -0.39 is 7.67 Å². The molecule has 1 aromatic rings. The minimum absolute atomic E-state index is 0.370. The van der Waals surface area contributed by atoms with Gasteiger partial charge in [-0.05, 0) is 12.1 Å². The molecule has 4 nitrogen and oxygen atoms in total. The number of nitrogens with one attached hydrogen (secondary N) is 2. The van der Waals surface area contributed by atoms with Gasteiger partial charge in [0.1, 0.15) is 0 Å². The first-order chi connectivity index (χ1) is 9.70. The molecule has 0 aromatic heterocycles. The van der Waals surface area contributed by atoms with Crippen LogP contribution >= 0.6 is 42.6 Å². The van der Waals surface area contributed by atoms with E-state index in [4.69, 9.17) is 27.7 Å². The fraction of sp³-hybridized carbons (Fsp3) is 0.500. The largest absolute Gasteiger partial charge is 0.340 e. The lowest BCUT2D eigenvalue weighted by atomic mass is 10.4. The summed E-state index contributed by atoms with van der Waals surface area (Å²) in [6.07, 6.45) is 0. The van der Waals surface area contributed by atoms with E-state index in [-0.39, 0.29) is 0 Å². The lowest BCUT2D eigenvalue weighted by Crippen LogP contribution is -2.27. The van der Waals surface area contributed by atoms with Gasteiger partial charge in [-0.3, -0.25) is 4.57 Å². The lowest BCUT2D eigenvalue weighted by Gasteiger charge is -2.19. The Balaban J connectivity index is 2.32. The molecule has 0 unspecified atom stereocenters. The molecular weight excluding hydrogens is 338 g/mol. The number of alkyl halides is 2. The highest BCUT2D eigenvalue weighted by Gasteiger charge is 2.21. The van der Waals surface area contributed by atoms with Gasteiger partial charge in [0.15, 0.2) is 0 Å². The summed E-state index contributed by atoms with van der Waals surface area (Å²) in [5.41, 5.74) is 0. The van der Waals surface area contributed by atoms with Crippen molar-refractivity contribution >= 4 is 42.6 Å². The third-order valence-corrected chi connectivity index (χ3v) is 5.38. The Morgan fingerprint density at radius 2 is 1.70 bits per heavy atom. The first kappa shape index (κ1) is 18.3. The Labute approximate surface area is 134 Å². The lowest BCUT2D eigenvalue weighted by molar-refractivity contribution is 0.320. The fourth-order valence-electron chi connectivity index (χ4n) is 1.37. The monoisotopic (exact) mass is 356 g/mol. The van der Waals surface area contributed by atoms with Crippen LogP contribution in [0.2, 0.25) is 0 Å². The van der Waals surface area contributed by atoms with Gasteiger partial charge < -0.3 is 4.52 Å². The summed E-state index contributed by atoms with van der Waals surface area (Å²) in [6.45, 7) is 1.21. The zero-order chi connectivity index (χ0) is 14.7. The summed E-state index contributed by atoms with van der Waals surface area (Å²) in [4.78, 5) is 1.16. The van der Waals surface area contributed by atoms with Crippen LogP contribution in [0, 0.1) is 0 Å². The summed E-state index contributed by atoms with van der Waals surface area (Å²) in [5, 5.41) is 5.60. The third kappa shape index (κ3) is 7.89. The second-order valence-corrected chi connectivity index (χ2v) is 7.66. The summed E-state index contributed by atoms with van der Waals surface area (Å²) in [5.74, 6) is 1.46. The van der Waals surface area contributed by atoms with E-state index in [1.165, 1.54) is 0 Å². The predicted octanol–water partition coefficient (Wildman–Crippen LogP) is 3.56. The van der Waals surface area contributed by atoms with Gasteiger partial charge in [-0.1, -0.05) is 18.2 Å². The van der Waals surface area contributed by atoms with Gasteiger partial charge in [0.05, 0.1) is 6.61 Å². The molecule has 0 atom stereocenters. The van der Waals surface area contributed by atoms with Gasteiger partial charge in [0.2, 0.25) is 0 Å². The molecule has 1 rings (SSSR count). The Morgan fingerprint density at radius 3 is 2.25 bits per heavy atom. The maximum Gasteiger partial charge on any atom is 0.340 e. The molecule has 0 heterocycles. The number of hydrogen-bond acceptors (Lipinski definition) is 3. The molecule has 0 aliphatic heterocycles. The van der Waals surface area contributed by atoms with Crippen LogP contribution in [0.1, 0.15) is 0 Å². The molecule has 0 fully saturated rings. The molecule has 0 radical (unpaired) electrons. The van der Waals surface area contributed by atoms with E-state index in [1.54, 1.807) is 11.8 Å². The maximum absolute atomic E-state index is 12.4. The van der Waals surface area contributed by atoms with Gasteiger partial charge in [0, 0.05) is 35.5 Å². The highest BCUT2D eigenvalue weighted by molar-refractivity contribution is 7.99. The SMILES string of the molecule is O=P(NCCCl)(NCCCl)OCCSc1ccccc1. The van der Waals surface area contributed by atoms with Crippen molar-refractivity contribution in [2.24, 2.45) is 0 Å². The molecule has 0 saturated heterocycles. The van der Waals surface area contributed by atoms with Crippen LogP contribution in [0.5, 0.6) is 0 Å². The number of rotatable bonds is 11. The average Bonchev–Trinajstić information content (AvgIpc) is 2.49. The van der Waals surface area contributed by atoms with Gasteiger partial charge in [-0.15, -0.1) is 35.0 Å². The molecule has 8 heteroatoms. The fourth-order valence-corrected chi connectivity index (χ4v) is 4.15. The van der Waals surface area contributed by atoms with Gasteiger partial charge >= 0.3 is 7.67 Å². The van der Waals surface area contributed by atoms with Gasteiger partial charge in [-0.2, -0.15) is 0 Å². The van der Waals surface area contributed by atoms with Crippen molar-refractivity contribution in [1.29, 1.82) is 0 Å². The first-order valence-electron chi connectivity index (χ1n) is 6.25. The van der Waals surface area contributed by atoms with Crippen LogP contribution in [0.3, 0.4) is 0 Å². The molecule has 1 aromatic carbocycles. The molecule has 0 bridgehead atoms. The Hall–Kier alpha value is 0.260. The summed E-state index contributed by atoms with van der Waals surface area (Å²) in [6, 6.07) is 10.0. The summed E-state index contributed by atoms with van der Waals surface area (Å²) >= 11 is 12.8. The van der Waals surface area contributed by atoms with E-state index >= 15 is 0 Å². The van der Waals surface area contributed by atoms with Crippen molar-refractivity contribution in [3.05, 3.63) is 30.3 Å². The van der Waals surface area contributed by atoms with Crippen molar-refractivity contribution in [2.45, 2.75) is 4.90 Å². The Bertz CT molecular complexity index is 400. The van der Waals surface area contributed by atoms with Crippen molar-refractivity contribution in [2.75, 3.05) is 37.2 Å². The summed E-state index contributed by atoms with van der Waals surface area (Å²) in [7, 11) is -3.06. The number of benzene rings is 1. The molecule has 0 aliphatic carbocycles. The highest BCUT2D eigenvalue weighted by atomic mass is 35.5. The maximum atomic E-state index is 12.4. The molecular formula is C12H19Cl2N2O2PS. The van der Waals surface area contributed by atoms with Crippen LogP contribution in [-0.2, 0) is 9.09 Å². The van der Waals surface area contributed by atoms with Crippen LogP contribution in [0.4, 0.5) is 0 Å². The van der Waals surface area contributed by atoms with Crippen LogP contribution in [0.15, 0.2) is 35.2 Å². The van der Waals surface area contributed by atoms with E-state index in [0.29, 0.717) is 31.5 Å². The van der Waals surface area contributed by atoms with Crippen molar-refractivity contribution in [3.63, 3.8) is 0 Å². The molecule has 0 saturated carbocycles. The summed E-state index contributed by atoms with van der Waals surface area (Å²) < 4.78 is 17.8.